The van der Waals surface area contributed by atoms with Gasteiger partial charge < -0.3 is 4.74 Å². The van der Waals surface area contributed by atoms with Gasteiger partial charge >= 0.3 is 0 Å². The quantitative estimate of drug-likeness (QED) is 0.611. The van der Waals surface area contributed by atoms with Crippen molar-refractivity contribution in [2.75, 3.05) is 6.61 Å². The molecule has 0 atom stereocenters. The SMILES string of the molecule is Cc1cc2ccccc2c(C)c1OC/C=C/c1ccccc1. The van der Waals surface area contributed by atoms with Gasteiger partial charge in [0.15, 0.2) is 0 Å². The molecule has 3 aromatic carbocycles. The van der Waals surface area contributed by atoms with Crippen LogP contribution >= 0.6 is 0 Å². The first kappa shape index (κ1) is 14.4. The second-order valence-electron chi connectivity index (χ2n) is 5.49. The minimum absolute atomic E-state index is 0.578. The van der Waals surface area contributed by atoms with Crippen LogP contribution in [0.25, 0.3) is 16.8 Å². The molecule has 0 radical (unpaired) electrons. The second-order valence-corrected chi connectivity index (χ2v) is 5.49. The van der Waals surface area contributed by atoms with Gasteiger partial charge in [-0.15, -0.1) is 0 Å². The minimum atomic E-state index is 0.578. The average molecular weight is 288 g/mol. The van der Waals surface area contributed by atoms with Crippen molar-refractivity contribution in [2.45, 2.75) is 13.8 Å². The zero-order valence-electron chi connectivity index (χ0n) is 13.0. The molecule has 1 nitrogen and oxygen atoms in total. The van der Waals surface area contributed by atoms with Gasteiger partial charge in [-0.1, -0.05) is 60.7 Å². The van der Waals surface area contributed by atoms with Crippen LogP contribution in [0.15, 0.2) is 66.7 Å². The number of hydrogen-bond donors (Lipinski definition) is 0. The summed E-state index contributed by atoms with van der Waals surface area (Å²) in [5, 5.41) is 2.53. The fourth-order valence-corrected chi connectivity index (χ4v) is 2.78. The summed E-state index contributed by atoms with van der Waals surface area (Å²) in [5.41, 5.74) is 3.59. The highest BCUT2D eigenvalue weighted by Crippen LogP contribution is 2.31. The summed E-state index contributed by atoms with van der Waals surface area (Å²) in [6.45, 7) is 4.82. The molecule has 1 heteroatoms. The van der Waals surface area contributed by atoms with E-state index in [9.17, 15) is 0 Å². The molecule has 0 aliphatic heterocycles. The molecule has 0 N–H and O–H groups in total. The Morgan fingerprint density at radius 2 is 1.64 bits per heavy atom. The first-order chi connectivity index (χ1) is 10.8. The van der Waals surface area contributed by atoms with Crippen LogP contribution in [-0.2, 0) is 0 Å². The van der Waals surface area contributed by atoms with Crippen molar-refractivity contribution < 1.29 is 4.74 Å². The fraction of sp³-hybridized carbons (Fsp3) is 0.143. The Kier molecular flexibility index (Phi) is 4.24. The van der Waals surface area contributed by atoms with E-state index in [1.165, 1.54) is 27.5 Å². The van der Waals surface area contributed by atoms with Gasteiger partial charge in [-0.05, 0) is 53.5 Å². The third kappa shape index (κ3) is 3.04. The Balaban J connectivity index is 1.78. The highest BCUT2D eigenvalue weighted by atomic mass is 16.5. The van der Waals surface area contributed by atoms with Crippen LogP contribution in [0.3, 0.4) is 0 Å². The van der Waals surface area contributed by atoms with E-state index in [1.807, 2.05) is 18.2 Å². The summed E-state index contributed by atoms with van der Waals surface area (Å²) in [6, 6.07) is 20.9. The summed E-state index contributed by atoms with van der Waals surface area (Å²) < 4.78 is 6.01. The van der Waals surface area contributed by atoms with Crippen molar-refractivity contribution in [3.8, 4) is 5.75 Å². The highest BCUT2D eigenvalue weighted by molar-refractivity contribution is 5.88. The van der Waals surface area contributed by atoms with Crippen LogP contribution in [0, 0.1) is 13.8 Å². The molecule has 0 aliphatic carbocycles. The van der Waals surface area contributed by atoms with E-state index in [0.29, 0.717) is 6.61 Å². The number of aryl methyl sites for hydroxylation is 2. The lowest BCUT2D eigenvalue weighted by Gasteiger charge is -2.13. The number of benzene rings is 3. The van der Waals surface area contributed by atoms with Crippen LogP contribution < -0.4 is 4.74 Å². The van der Waals surface area contributed by atoms with Crippen LogP contribution in [0.5, 0.6) is 5.75 Å². The zero-order valence-corrected chi connectivity index (χ0v) is 13.0. The number of rotatable bonds is 4. The molecule has 0 unspecified atom stereocenters. The topological polar surface area (TPSA) is 9.23 Å². The van der Waals surface area contributed by atoms with Gasteiger partial charge in [0.2, 0.25) is 0 Å². The Morgan fingerprint density at radius 1 is 0.909 bits per heavy atom. The van der Waals surface area contributed by atoms with Gasteiger partial charge in [-0.2, -0.15) is 0 Å². The molecular formula is C21H20O. The van der Waals surface area contributed by atoms with Gasteiger partial charge in [-0.3, -0.25) is 0 Å². The molecule has 0 amide bonds. The van der Waals surface area contributed by atoms with Crippen LogP contribution in [-0.4, -0.2) is 6.61 Å². The molecule has 0 fully saturated rings. The third-order valence-electron chi connectivity index (χ3n) is 3.87. The molecule has 0 aromatic heterocycles. The molecule has 3 rings (SSSR count). The van der Waals surface area contributed by atoms with E-state index in [0.717, 1.165) is 5.75 Å². The van der Waals surface area contributed by atoms with Gasteiger partial charge in [0.1, 0.15) is 12.4 Å². The summed E-state index contributed by atoms with van der Waals surface area (Å²) >= 11 is 0. The third-order valence-corrected chi connectivity index (χ3v) is 3.87. The molecule has 110 valence electrons. The number of fused-ring (bicyclic) bond motifs is 1. The van der Waals surface area contributed by atoms with E-state index in [1.54, 1.807) is 0 Å². The molecule has 0 aliphatic rings. The van der Waals surface area contributed by atoms with Crippen LogP contribution in [0.1, 0.15) is 16.7 Å². The summed E-state index contributed by atoms with van der Waals surface area (Å²) in [6.07, 6.45) is 4.15. The van der Waals surface area contributed by atoms with Crippen molar-refractivity contribution in [1.29, 1.82) is 0 Å². The molecule has 0 saturated carbocycles. The van der Waals surface area contributed by atoms with Gasteiger partial charge in [0.25, 0.3) is 0 Å². The monoisotopic (exact) mass is 288 g/mol. The second kappa shape index (κ2) is 6.48. The summed E-state index contributed by atoms with van der Waals surface area (Å²) in [7, 11) is 0. The van der Waals surface area contributed by atoms with E-state index in [-0.39, 0.29) is 0 Å². The highest BCUT2D eigenvalue weighted by Gasteiger charge is 2.07. The molecule has 0 spiro atoms. The molecule has 0 heterocycles. The van der Waals surface area contributed by atoms with Crippen LogP contribution in [0.4, 0.5) is 0 Å². The van der Waals surface area contributed by atoms with Crippen molar-refractivity contribution in [3.05, 3.63) is 83.4 Å². The Bertz CT molecular complexity index is 801. The Hall–Kier alpha value is -2.54. The molecular weight excluding hydrogens is 268 g/mol. The molecule has 0 bridgehead atoms. The van der Waals surface area contributed by atoms with Crippen molar-refractivity contribution in [2.24, 2.45) is 0 Å². The maximum absolute atomic E-state index is 6.01. The number of ether oxygens (including phenoxy) is 1. The minimum Gasteiger partial charge on any atom is -0.489 e. The van der Waals surface area contributed by atoms with E-state index in [4.69, 9.17) is 4.74 Å². The normalized spacial score (nSPS) is 11.2. The molecule has 0 saturated heterocycles. The lowest BCUT2D eigenvalue weighted by Crippen LogP contribution is -1.98. The molecule has 3 aromatic rings. The largest absolute Gasteiger partial charge is 0.489 e. The maximum atomic E-state index is 6.01. The van der Waals surface area contributed by atoms with E-state index >= 15 is 0 Å². The van der Waals surface area contributed by atoms with E-state index in [2.05, 4.69) is 68.5 Å². The zero-order chi connectivity index (χ0) is 15.4. The van der Waals surface area contributed by atoms with Gasteiger partial charge in [0.05, 0.1) is 0 Å². The Labute approximate surface area is 131 Å². The van der Waals surface area contributed by atoms with E-state index < -0.39 is 0 Å². The predicted octanol–water partition coefficient (Wildman–Crippen LogP) is 5.55. The molecule has 22 heavy (non-hydrogen) atoms. The van der Waals surface area contributed by atoms with Gasteiger partial charge in [0, 0.05) is 0 Å². The smallest absolute Gasteiger partial charge is 0.126 e. The fourth-order valence-electron chi connectivity index (χ4n) is 2.78. The van der Waals surface area contributed by atoms with Crippen LogP contribution in [0.2, 0.25) is 0 Å². The first-order valence-electron chi connectivity index (χ1n) is 7.59. The van der Waals surface area contributed by atoms with Gasteiger partial charge in [-0.25, -0.2) is 0 Å². The standard InChI is InChI=1S/C21H20O/c1-16-15-19-12-6-7-13-20(19)17(2)21(16)22-14-8-11-18-9-4-3-5-10-18/h3-13,15H,14H2,1-2H3/b11-8+. The van der Waals surface area contributed by atoms with Crippen molar-refractivity contribution in [1.82, 2.24) is 0 Å². The summed E-state index contributed by atoms with van der Waals surface area (Å²) in [4.78, 5) is 0. The first-order valence-corrected chi connectivity index (χ1v) is 7.59. The maximum Gasteiger partial charge on any atom is 0.126 e. The van der Waals surface area contributed by atoms with Crippen molar-refractivity contribution in [3.63, 3.8) is 0 Å². The average Bonchev–Trinajstić information content (AvgIpc) is 2.55. The summed E-state index contributed by atoms with van der Waals surface area (Å²) in [5.74, 6) is 0.997. The lowest BCUT2D eigenvalue weighted by atomic mass is 10.0. The lowest BCUT2D eigenvalue weighted by molar-refractivity contribution is 0.359. The Morgan fingerprint density at radius 3 is 2.45 bits per heavy atom. The van der Waals surface area contributed by atoms with Crippen molar-refractivity contribution >= 4 is 16.8 Å². The number of hydrogen-bond acceptors (Lipinski definition) is 1. The predicted molar refractivity (Wildman–Crippen MR) is 94.4 cm³/mol.